The Morgan fingerprint density at radius 2 is 1.81 bits per heavy atom. The van der Waals surface area contributed by atoms with Gasteiger partial charge in [-0.05, 0) is 36.2 Å². The normalized spacial score (nSPS) is 11.7. The van der Waals surface area contributed by atoms with E-state index in [0.29, 0.717) is 10.8 Å². The highest BCUT2D eigenvalue weighted by atomic mass is 35.5. The number of para-hydroxylation sites is 1. The van der Waals surface area contributed by atoms with Gasteiger partial charge in [0, 0.05) is 5.02 Å². The fourth-order valence-electron chi connectivity index (χ4n) is 2.02. The van der Waals surface area contributed by atoms with Crippen molar-refractivity contribution in [2.45, 2.75) is 19.4 Å². The highest BCUT2D eigenvalue weighted by Gasteiger charge is 2.13. The summed E-state index contributed by atoms with van der Waals surface area (Å²) in [7, 11) is 0. The molecule has 1 N–H and O–H groups in total. The molecule has 0 aliphatic rings. The Balaban J connectivity index is 1.89. The first-order chi connectivity index (χ1) is 10.2. The molecule has 1 unspecified atom stereocenters. The van der Waals surface area contributed by atoms with Gasteiger partial charge in [0.1, 0.15) is 5.75 Å². The van der Waals surface area contributed by atoms with E-state index < -0.39 is 0 Å². The molecule has 4 heteroatoms. The number of hydrogen-bond donors (Lipinski definition) is 1. The molecule has 0 radical (unpaired) electrons. The standard InChI is InChI=1S/C17H18ClNO2/c1-2-16(13-8-10-14(18)11-9-13)19-17(20)12-21-15-6-4-3-5-7-15/h3-11,16H,2,12H2,1H3,(H,19,20). The van der Waals surface area contributed by atoms with Gasteiger partial charge in [-0.15, -0.1) is 0 Å². The molecule has 0 saturated heterocycles. The molecule has 0 aliphatic carbocycles. The Kier molecular flexibility index (Phi) is 5.64. The molecule has 0 bridgehead atoms. The van der Waals surface area contributed by atoms with Crippen LogP contribution in [0.25, 0.3) is 0 Å². The number of amides is 1. The van der Waals surface area contributed by atoms with Gasteiger partial charge in [-0.1, -0.05) is 48.9 Å². The molecule has 0 spiro atoms. The summed E-state index contributed by atoms with van der Waals surface area (Å²) in [6.07, 6.45) is 0.804. The zero-order valence-electron chi connectivity index (χ0n) is 11.9. The van der Waals surface area contributed by atoms with Gasteiger partial charge in [0.2, 0.25) is 0 Å². The molecule has 0 saturated carbocycles. The van der Waals surface area contributed by atoms with Crippen LogP contribution in [0.4, 0.5) is 0 Å². The maximum atomic E-state index is 12.0. The number of carbonyl (C=O) groups excluding carboxylic acids is 1. The van der Waals surface area contributed by atoms with E-state index in [-0.39, 0.29) is 18.6 Å². The first-order valence-corrected chi connectivity index (χ1v) is 7.29. The molecular formula is C17H18ClNO2. The van der Waals surface area contributed by atoms with Crippen LogP contribution in [-0.4, -0.2) is 12.5 Å². The summed E-state index contributed by atoms with van der Waals surface area (Å²) in [6.45, 7) is 2.03. The van der Waals surface area contributed by atoms with Crippen LogP contribution >= 0.6 is 11.6 Å². The second-order valence-electron chi connectivity index (χ2n) is 4.68. The van der Waals surface area contributed by atoms with Gasteiger partial charge in [-0.2, -0.15) is 0 Å². The van der Waals surface area contributed by atoms with Gasteiger partial charge in [0.25, 0.3) is 5.91 Å². The average Bonchev–Trinajstić information content (AvgIpc) is 2.52. The smallest absolute Gasteiger partial charge is 0.258 e. The maximum Gasteiger partial charge on any atom is 0.258 e. The van der Waals surface area contributed by atoms with E-state index in [4.69, 9.17) is 16.3 Å². The van der Waals surface area contributed by atoms with Crippen molar-refractivity contribution < 1.29 is 9.53 Å². The van der Waals surface area contributed by atoms with Crippen LogP contribution in [0.15, 0.2) is 54.6 Å². The summed E-state index contributed by atoms with van der Waals surface area (Å²) in [5.41, 5.74) is 1.04. The number of benzene rings is 2. The summed E-state index contributed by atoms with van der Waals surface area (Å²) < 4.78 is 5.44. The Labute approximate surface area is 129 Å². The van der Waals surface area contributed by atoms with Crippen LogP contribution in [-0.2, 0) is 4.79 Å². The van der Waals surface area contributed by atoms with Crippen molar-refractivity contribution in [2.24, 2.45) is 0 Å². The molecule has 110 valence electrons. The summed E-state index contributed by atoms with van der Waals surface area (Å²) in [5, 5.41) is 3.65. The Morgan fingerprint density at radius 3 is 2.43 bits per heavy atom. The minimum Gasteiger partial charge on any atom is -0.484 e. The van der Waals surface area contributed by atoms with E-state index >= 15 is 0 Å². The van der Waals surface area contributed by atoms with Gasteiger partial charge in [-0.25, -0.2) is 0 Å². The molecule has 0 aliphatic heterocycles. The lowest BCUT2D eigenvalue weighted by Gasteiger charge is -2.17. The Hall–Kier alpha value is -2.00. The molecule has 2 aromatic rings. The number of carbonyl (C=O) groups is 1. The van der Waals surface area contributed by atoms with E-state index in [2.05, 4.69) is 5.32 Å². The lowest BCUT2D eigenvalue weighted by atomic mass is 10.0. The second kappa shape index (κ2) is 7.70. The molecule has 2 rings (SSSR count). The van der Waals surface area contributed by atoms with Gasteiger partial charge >= 0.3 is 0 Å². The number of ether oxygens (including phenoxy) is 1. The molecule has 21 heavy (non-hydrogen) atoms. The predicted molar refractivity (Wildman–Crippen MR) is 84.6 cm³/mol. The minimum atomic E-state index is -0.138. The van der Waals surface area contributed by atoms with E-state index in [9.17, 15) is 4.79 Å². The zero-order valence-corrected chi connectivity index (χ0v) is 12.6. The fourth-order valence-corrected chi connectivity index (χ4v) is 2.14. The van der Waals surface area contributed by atoms with Crippen LogP contribution in [0.2, 0.25) is 5.02 Å². The fraction of sp³-hybridized carbons (Fsp3) is 0.235. The summed E-state index contributed by atoms with van der Waals surface area (Å²) in [6, 6.07) is 16.8. The third kappa shape index (κ3) is 4.80. The molecule has 0 heterocycles. The molecular weight excluding hydrogens is 286 g/mol. The number of rotatable bonds is 6. The average molecular weight is 304 g/mol. The van der Waals surface area contributed by atoms with Crippen molar-refractivity contribution in [1.29, 1.82) is 0 Å². The van der Waals surface area contributed by atoms with Crippen molar-refractivity contribution >= 4 is 17.5 Å². The van der Waals surface area contributed by atoms with Crippen molar-refractivity contribution in [3.63, 3.8) is 0 Å². The molecule has 1 amide bonds. The number of nitrogens with one attached hydrogen (secondary N) is 1. The lowest BCUT2D eigenvalue weighted by molar-refractivity contribution is -0.123. The van der Waals surface area contributed by atoms with Crippen molar-refractivity contribution in [3.8, 4) is 5.75 Å². The largest absolute Gasteiger partial charge is 0.484 e. The zero-order chi connectivity index (χ0) is 15.1. The SMILES string of the molecule is CCC(NC(=O)COc1ccccc1)c1ccc(Cl)cc1. The first kappa shape index (κ1) is 15.4. The van der Waals surface area contributed by atoms with Gasteiger partial charge < -0.3 is 10.1 Å². The summed E-state index contributed by atoms with van der Waals surface area (Å²) >= 11 is 5.88. The molecule has 0 fully saturated rings. The van der Waals surface area contributed by atoms with Gasteiger partial charge in [0.15, 0.2) is 6.61 Å². The second-order valence-corrected chi connectivity index (χ2v) is 5.12. The molecule has 1 atom stereocenters. The third-order valence-corrected chi connectivity index (χ3v) is 3.38. The minimum absolute atomic E-state index is 0.00804. The van der Waals surface area contributed by atoms with Crippen LogP contribution in [0.5, 0.6) is 5.75 Å². The van der Waals surface area contributed by atoms with E-state index in [0.717, 1.165) is 12.0 Å². The van der Waals surface area contributed by atoms with E-state index in [1.807, 2.05) is 61.5 Å². The number of halogens is 1. The Morgan fingerprint density at radius 1 is 1.14 bits per heavy atom. The molecule has 2 aromatic carbocycles. The molecule has 0 aromatic heterocycles. The van der Waals surface area contributed by atoms with Crippen LogP contribution < -0.4 is 10.1 Å². The van der Waals surface area contributed by atoms with Crippen molar-refractivity contribution in [2.75, 3.05) is 6.61 Å². The first-order valence-electron chi connectivity index (χ1n) is 6.91. The van der Waals surface area contributed by atoms with Gasteiger partial charge in [-0.3, -0.25) is 4.79 Å². The highest BCUT2D eigenvalue weighted by Crippen LogP contribution is 2.19. The van der Waals surface area contributed by atoms with Crippen molar-refractivity contribution in [3.05, 3.63) is 65.2 Å². The quantitative estimate of drug-likeness (QED) is 0.876. The van der Waals surface area contributed by atoms with Crippen LogP contribution in [0.3, 0.4) is 0 Å². The number of hydrogen-bond acceptors (Lipinski definition) is 2. The summed E-state index contributed by atoms with van der Waals surface area (Å²) in [4.78, 5) is 12.0. The topological polar surface area (TPSA) is 38.3 Å². The van der Waals surface area contributed by atoms with Crippen LogP contribution in [0.1, 0.15) is 24.9 Å². The third-order valence-electron chi connectivity index (χ3n) is 3.13. The van der Waals surface area contributed by atoms with Crippen molar-refractivity contribution in [1.82, 2.24) is 5.32 Å². The van der Waals surface area contributed by atoms with E-state index in [1.54, 1.807) is 0 Å². The van der Waals surface area contributed by atoms with Crippen LogP contribution in [0, 0.1) is 0 Å². The maximum absolute atomic E-state index is 12.0. The molecule has 3 nitrogen and oxygen atoms in total. The predicted octanol–water partition coefficient (Wildman–Crippen LogP) is 3.99. The van der Waals surface area contributed by atoms with Gasteiger partial charge in [0.05, 0.1) is 6.04 Å². The lowest BCUT2D eigenvalue weighted by Crippen LogP contribution is -2.32. The highest BCUT2D eigenvalue weighted by molar-refractivity contribution is 6.30. The van der Waals surface area contributed by atoms with E-state index in [1.165, 1.54) is 0 Å². The monoisotopic (exact) mass is 303 g/mol. The Bertz CT molecular complexity index is 569. The summed E-state index contributed by atoms with van der Waals surface area (Å²) in [5.74, 6) is 0.549.